The van der Waals surface area contributed by atoms with Crippen LogP contribution >= 0.6 is 0 Å². The van der Waals surface area contributed by atoms with Crippen molar-refractivity contribution in [2.45, 2.75) is 78.9 Å². The molecule has 18 heavy (non-hydrogen) atoms. The molecule has 0 bridgehead atoms. The summed E-state index contributed by atoms with van der Waals surface area (Å²) in [5, 5.41) is 3.50. The SMILES string of the molecule is CC1CC(OCCCNC(C)(C)C)CC(C)(C)C1. The summed E-state index contributed by atoms with van der Waals surface area (Å²) in [6, 6.07) is 0. The van der Waals surface area contributed by atoms with Crippen molar-refractivity contribution in [2.24, 2.45) is 11.3 Å². The van der Waals surface area contributed by atoms with Gasteiger partial charge in [0.05, 0.1) is 6.10 Å². The molecule has 1 saturated carbocycles. The molecule has 2 atom stereocenters. The molecule has 0 amide bonds. The highest BCUT2D eigenvalue weighted by Crippen LogP contribution is 2.39. The van der Waals surface area contributed by atoms with Gasteiger partial charge in [-0.05, 0) is 64.3 Å². The zero-order chi connectivity index (χ0) is 13.8. The summed E-state index contributed by atoms with van der Waals surface area (Å²) in [5.41, 5.74) is 0.688. The Hall–Kier alpha value is -0.0800. The Kier molecular flexibility index (Phi) is 5.67. The van der Waals surface area contributed by atoms with E-state index in [1.54, 1.807) is 0 Å². The van der Waals surface area contributed by atoms with Crippen LogP contribution in [-0.2, 0) is 4.74 Å². The third kappa shape index (κ3) is 6.75. The van der Waals surface area contributed by atoms with Crippen molar-refractivity contribution in [1.82, 2.24) is 5.32 Å². The van der Waals surface area contributed by atoms with Gasteiger partial charge < -0.3 is 10.1 Å². The van der Waals surface area contributed by atoms with E-state index in [1.165, 1.54) is 19.3 Å². The second-order valence-electron chi connectivity index (χ2n) is 7.94. The van der Waals surface area contributed by atoms with E-state index in [0.29, 0.717) is 11.5 Å². The first-order chi connectivity index (χ1) is 8.18. The Morgan fingerprint density at radius 1 is 1.22 bits per heavy atom. The number of rotatable bonds is 5. The zero-order valence-corrected chi connectivity index (χ0v) is 13.3. The average Bonchev–Trinajstić information content (AvgIpc) is 2.11. The lowest BCUT2D eigenvalue weighted by Crippen LogP contribution is -2.37. The summed E-state index contributed by atoms with van der Waals surface area (Å²) in [5.74, 6) is 0.812. The van der Waals surface area contributed by atoms with Crippen LogP contribution in [0.15, 0.2) is 0 Å². The third-order valence-electron chi connectivity index (χ3n) is 3.68. The summed E-state index contributed by atoms with van der Waals surface area (Å²) in [4.78, 5) is 0. The molecule has 2 heteroatoms. The molecule has 1 fully saturated rings. The maximum absolute atomic E-state index is 6.06. The highest BCUT2D eigenvalue weighted by Gasteiger charge is 2.32. The molecule has 0 aromatic rings. The van der Waals surface area contributed by atoms with Gasteiger partial charge >= 0.3 is 0 Å². The van der Waals surface area contributed by atoms with Gasteiger partial charge in [0, 0.05) is 12.1 Å². The maximum Gasteiger partial charge on any atom is 0.0582 e. The molecule has 2 nitrogen and oxygen atoms in total. The molecule has 0 aromatic carbocycles. The van der Waals surface area contributed by atoms with E-state index in [4.69, 9.17) is 4.74 Å². The molecule has 0 radical (unpaired) electrons. The molecule has 1 rings (SSSR count). The summed E-state index contributed by atoms with van der Waals surface area (Å²) in [6.45, 7) is 15.7. The molecule has 0 saturated heterocycles. The van der Waals surface area contributed by atoms with Crippen molar-refractivity contribution in [1.29, 1.82) is 0 Å². The second kappa shape index (κ2) is 6.38. The highest BCUT2D eigenvalue weighted by atomic mass is 16.5. The van der Waals surface area contributed by atoms with Crippen molar-refractivity contribution in [3.63, 3.8) is 0 Å². The van der Waals surface area contributed by atoms with Crippen LogP contribution in [0.4, 0.5) is 0 Å². The first kappa shape index (κ1) is 16.0. The van der Waals surface area contributed by atoms with E-state index in [9.17, 15) is 0 Å². The Bertz CT molecular complexity index is 242. The maximum atomic E-state index is 6.06. The van der Waals surface area contributed by atoms with Crippen LogP contribution in [0.3, 0.4) is 0 Å². The van der Waals surface area contributed by atoms with Crippen molar-refractivity contribution < 1.29 is 4.74 Å². The van der Waals surface area contributed by atoms with E-state index < -0.39 is 0 Å². The van der Waals surface area contributed by atoms with Crippen LogP contribution in [-0.4, -0.2) is 24.8 Å². The molecule has 0 heterocycles. The Morgan fingerprint density at radius 3 is 2.44 bits per heavy atom. The predicted octanol–water partition coefficient (Wildman–Crippen LogP) is 4.00. The quantitative estimate of drug-likeness (QED) is 0.750. The second-order valence-corrected chi connectivity index (χ2v) is 7.94. The normalized spacial score (nSPS) is 28.3. The smallest absolute Gasteiger partial charge is 0.0582 e. The largest absolute Gasteiger partial charge is 0.378 e. The van der Waals surface area contributed by atoms with Crippen LogP contribution in [0.5, 0.6) is 0 Å². The monoisotopic (exact) mass is 255 g/mol. The van der Waals surface area contributed by atoms with Gasteiger partial charge in [-0.2, -0.15) is 0 Å². The Balaban J connectivity index is 2.15. The van der Waals surface area contributed by atoms with E-state index in [0.717, 1.165) is 25.5 Å². The van der Waals surface area contributed by atoms with Crippen LogP contribution in [0, 0.1) is 11.3 Å². The molecule has 1 aliphatic rings. The first-order valence-electron chi connectivity index (χ1n) is 7.55. The Morgan fingerprint density at radius 2 is 1.89 bits per heavy atom. The Labute approximate surface area is 114 Å². The van der Waals surface area contributed by atoms with Gasteiger partial charge in [-0.3, -0.25) is 0 Å². The minimum Gasteiger partial charge on any atom is -0.378 e. The van der Waals surface area contributed by atoms with Crippen molar-refractivity contribution in [3.05, 3.63) is 0 Å². The van der Waals surface area contributed by atoms with Crippen LogP contribution in [0.1, 0.15) is 67.2 Å². The van der Waals surface area contributed by atoms with Gasteiger partial charge in [-0.15, -0.1) is 0 Å². The summed E-state index contributed by atoms with van der Waals surface area (Å²) in [7, 11) is 0. The molecular formula is C16H33NO. The summed E-state index contributed by atoms with van der Waals surface area (Å²) >= 11 is 0. The van der Waals surface area contributed by atoms with Gasteiger partial charge in [0.2, 0.25) is 0 Å². The molecule has 1 aliphatic carbocycles. The molecule has 108 valence electrons. The van der Waals surface area contributed by atoms with Gasteiger partial charge in [-0.25, -0.2) is 0 Å². The predicted molar refractivity (Wildman–Crippen MR) is 78.9 cm³/mol. The van der Waals surface area contributed by atoms with Crippen molar-refractivity contribution in [3.8, 4) is 0 Å². The van der Waals surface area contributed by atoms with Crippen molar-refractivity contribution >= 4 is 0 Å². The lowest BCUT2D eigenvalue weighted by molar-refractivity contribution is -0.0236. The fourth-order valence-electron chi connectivity index (χ4n) is 3.17. The molecule has 0 aliphatic heterocycles. The minimum atomic E-state index is 0.224. The number of hydrogen-bond acceptors (Lipinski definition) is 2. The number of hydrogen-bond donors (Lipinski definition) is 1. The topological polar surface area (TPSA) is 21.3 Å². The van der Waals surface area contributed by atoms with Gasteiger partial charge in [-0.1, -0.05) is 20.8 Å². The minimum absolute atomic E-state index is 0.224. The molecule has 0 spiro atoms. The van der Waals surface area contributed by atoms with Crippen LogP contribution in [0.25, 0.3) is 0 Å². The highest BCUT2D eigenvalue weighted by molar-refractivity contribution is 4.83. The standard InChI is InChI=1S/C16H33NO/c1-13-10-14(12-16(5,6)11-13)18-9-7-8-17-15(2,3)4/h13-14,17H,7-12H2,1-6H3. The molecule has 2 unspecified atom stereocenters. The third-order valence-corrected chi connectivity index (χ3v) is 3.68. The summed E-state index contributed by atoms with van der Waals surface area (Å²) in [6.07, 6.45) is 5.42. The van der Waals surface area contributed by atoms with Gasteiger partial charge in [0.25, 0.3) is 0 Å². The van der Waals surface area contributed by atoms with E-state index in [-0.39, 0.29) is 5.54 Å². The lowest BCUT2D eigenvalue weighted by atomic mass is 9.71. The fraction of sp³-hybridized carbons (Fsp3) is 1.00. The fourth-order valence-corrected chi connectivity index (χ4v) is 3.17. The van der Waals surface area contributed by atoms with Gasteiger partial charge in [0.15, 0.2) is 0 Å². The van der Waals surface area contributed by atoms with Crippen molar-refractivity contribution in [2.75, 3.05) is 13.2 Å². The molecule has 0 aromatic heterocycles. The number of ether oxygens (including phenoxy) is 1. The van der Waals surface area contributed by atoms with Crippen LogP contribution in [0.2, 0.25) is 0 Å². The zero-order valence-electron chi connectivity index (χ0n) is 13.3. The average molecular weight is 255 g/mol. The number of nitrogens with one attached hydrogen (secondary N) is 1. The first-order valence-corrected chi connectivity index (χ1v) is 7.55. The van der Waals surface area contributed by atoms with E-state index >= 15 is 0 Å². The van der Waals surface area contributed by atoms with E-state index in [1.807, 2.05) is 0 Å². The summed E-state index contributed by atoms with van der Waals surface area (Å²) < 4.78 is 6.06. The van der Waals surface area contributed by atoms with Crippen LogP contribution < -0.4 is 5.32 Å². The lowest BCUT2D eigenvalue weighted by Gasteiger charge is -2.38. The van der Waals surface area contributed by atoms with E-state index in [2.05, 4.69) is 46.9 Å². The molecule has 1 N–H and O–H groups in total. The van der Waals surface area contributed by atoms with Gasteiger partial charge in [0.1, 0.15) is 0 Å². The molecular weight excluding hydrogens is 222 g/mol.